The number of halogens is 1. The molecule has 0 bridgehead atoms. The largest absolute Gasteiger partial charge is 0.312 e. The third-order valence-electron chi connectivity index (χ3n) is 2.84. The van der Waals surface area contributed by atoms with Gasteiger partial charge < -0.3 is 5.32 Å². The number of rotatable bonds is 7. The highest BCUT2D eigenvalue weighted by Gasteiger charge is 1.97. The molecule has 0 aliphatic heterocycles. The third kappa shape index (κ3) is 4.81. The molecular weight excluding hydrogens is 262 g/mol. The Balaban J connectivity index is 1.54. The lowest BCUT2D eigenvalue weighted by molar-refractivity contribution is 0.626. The van der Waals surface area contributed by atoms with Gasteiger partial charge in [0.1, 0.15) is 0 Å². The Labute approximate surface area is 118 Å². The standard InChI is InChI=1S/C15H18ClNS/c16-15-10-9-14(18-15)12-17-11-5-4-8-13-6-2-1-3-7-13/h1-3,6-7,9-10,17H,4-5,8,11-12H2. The molecule has 0 radical (unpaired) electrons. The van der Waals surface area contributed by atoms with Gasteiger partial charge in [-0.05, 0) is 43.5 Å². The molecule has 96 valence electrons. The average molecular weight is 280 g/mol. The maximum Gasteiger partial charge on any atom is 0.0931 e. The lowest BCUT2D eigenvalue weighted by Gasteiger charge is -2.03. The minimum absolute atomic E-state index is 0.871. The van der Waals surface area contributed by atoms with Crippen molar-refractivity contribution in [2.24, 2.45) is 0 Å². The van der Waals surface area contributed by atoms with Crippen LogP contribution in [0.1, 0.15) is 23.3 Å². The highest BCUT2D eigenvalue weighted by atomic mass is 35.5. The predicted molar refractivity (Wildman–Crippen MR) is 80.4 cm³/mol. The number of thiophene rings is 1. The van der Waals surface area contributed by atoms with E-state index < -0.39 is 0 Å². The Hall–Kier alpha value is -0.830. The number of nitrogens with one attached hydrogen (secondary N) is 1. The van der Waals surface area contributed by atoms with Crippen LogP contribution in [0.25, 0.3) is 0 Å². The van der Waals surface area contributed by atoms with Gasteiger partial charge in [0.15, 0.2) is 0 Å². The number of unbranched alkanes of at least 4 members (excludes halogenated alkanes) is 1. The zero-order valence-electron chi connectivity index (χ0n) is 10.4. The molecule has 18 heavy (non-hydrogen) atoms. The van der Waals surface area contributed by atoms with Crippen LogP contribution in [-0.2, 0) is 13.0 Å². The summed E-state index contributed by atoms with van der Waals surface area (Å²) in [7, 11) is 0. The monoisotopic (exact) mass is 279 g/mol. The van der Waals surface area contributed by atoms with E-state index in [4.69, 9.17) is 11.6 Å². The maximum absolute atomic E-state index is 5.88. The van der Waals surface area contributed by atoms with Gasteiger partial charge >= 0.3 is 0 Å². The third-order valence-corrected chi connectivity index (χ3v) is 4.07. The lowest BCUT2D eigenvalue weighted by Crippen LogP contribution is -2.13. The summed E-state index contributed by atoms with van der Waals surface area (Å²) in [5, 5.41) is 3.45. The molecule has 1 heterocycles. The molecule has 0 fully saturated rings. The second-order valence-corrected chi connectivity index (χ2v) is 6.12. The lowest BCUT2D eigenvalue weighted by atomic mass is 10.1. The number of benzene rings is 1. The number of hydrogen-bond acceptors (Lipinski definition) is 2. The van der Waals surface area contributed by atoms with Crippen LogP contribution in [-0.4, -0.2) is 6.54 Å². The van der Waals surface area contributed by atoms with Gasteiger partial charge in [-0.15, -0.1) is 11.3 Å². The molecule has 0 amide bonds. The average Bonchev–Trinajstić information content (AvgIpc) is 2.81. The van der Waals surface area contributed by atoms with E-state index in [2.05, 4.69) is 41.7 Å². The van der Waals surface area contributed by atoms with Crippen LogP contribution in [0.4, 0.5) is 0 Å². The van der Waals surface area contributed by atoms with E-state index in [9.17, 15) is 0 Å². The topological polar surface area (TPSA) is 12.0 Å². The highest BCUT2D eigenvalue weighted by Crippen LogP contribution is 2.20. The van der Waals surface area contributed by atoms with Gasteiger partial charge in [0, 0.05) is 11.4 Å². The first-order chi connectivity index (χ1) is 8.84. The molecule has 2 aromatic rings. The molecule has 1 nitrogen and oxygen atoms in total. The number of hydrogen-bond donors (Lipinski definition) is 1. The smallest absolute Gasteiger partial charge is 0.0931 e. The summed E-state index contributed by atoms with van der Waals surface area (Å²) in [6.45, 7) is 2.01. The molecule has 0 saturated carbocycles. The van der Waals surface area contributed by atoms with Crippen LogP contribution in [0.5, 0.6) is 0 Å². The van der Waals surface area contributed by atoms with Crippen molar-refractivity contribution in [2.45, 2.75) is 25.8 Å². The van der Waals surface area contributed by atoms with E-state index in [0.29, 0.717) is 0 Å². The second-order valence-electron chi connectivity index (χ2n) is 4.33. The van der Waals surface area contributed by atoms with E-state index in [1.807, 2.05) is 6.07 Å². The van der Waals surface area contributed by atoms with Gasteiger partial charge in [0.25, 0.3) is 0 Å². The van der Waals surface area contributed by atoms with Crippen molar-refractivity contribution in [2.75, 3.05) is 6.54 Å². The first kappa shape index (κ1) is 13.6. The van der Waals surface area contributed by atoms with Crippen molar-refractivity contribution >= 4 is 22.9 Å². The van der Waals surface area contributed by atoms with Crippen molar-refractivity contribution in [1.29, 1.82) is 0 Å². The van der Waals surface area contributed by atoms with Crippen LogP contribution in [0.15, 0.2) is 42.5 Å². The minimum Gasteiger partial charge on any atom is -0.312 e. The van der Waals surface area contributed by atoms with E-state index >= 15 is 0 Å². The fraction of sp³-hybridized carbons (Fsp3) is 0.333. The summed E-state index contributed by atoms with van der Waals surface area (Å²) in [5.41, 5.74) is 1.43. The van der Waals surface area contributed by atoms with Crippen molar-refractivity contribution in [1.82, 2.24) is 5.32 Å². The van der Waals surface area contributed by atoms with Crippen molar-refractivity contribution in [3.05, 3.63) is 57.2 Å². The molecular formula is C15H18ClNS. The van der Waals surface area contributed by atoms with Gasteiger partial charge in [-0.1, -0.05) is 41.9 Å². The fourth-order valence-corrected chi connectivity index (χ4v) is 2.94. The summed E-state index contributed by atoms with van der Waals surface area (Å²) < 4.78 is 0.871. The highest BCUT2D eigenvalue weighted by molar-refractivity contribution is 7.16. The quantitative estimate of drug-likeness (QED) is 0.735. The fourth-order valence-electron chi connectivity index (χ4n) is 1.88. The molecule has 0 aliphatic rings. The molecule has 1 aromatic heterocycles. The van der Waals surface area contributed by atoms with E-state index in [1.54, 1.807) is 11.3 Å². The van der Waals surface area contributed by atoms with Gasteiger partial charge in [-0.2, -0.15) is 0 Å². The van der Waals surface area contributed by atoms with Crippen LogP contribution >= 0.6 is 22.9 Å². The number of aryl methyl sites for hydroxylation is 1. The SMILES string of the molecule is Clc1ccc(CNCCCCc2ccccc2)s1. The zero-order valence-corrected chi connectivity index (χ0v) is 11.9. The summed E-state index contributed by atoms with van der Waals surface area (Å²) in [6.07, 6.45) is 3.63. The first-order valence-corrected chi connectivity index (χ1v) is 7.53. The Kier molecular flexibility index (Phi) is 5.72. The van der Waals surface area contributed by atoms with Crippen molar-refractivity contribution < 1.29 is 0 Å². The van der Waals surface area contributed by atoms with E-state index in [1.165, 1.54) is 29.7 Å². The van der Waals surface area contributed by atoms with Crippen molar-refractivity contribution in [3.63, 3.8) is 0 Å². The van der Waals surface area contributed by atoms with E-state index in [-0.39, 0.29) is 0 Å². The Morgan fingerprint density at radius 1 is 1.00 bits per heavy atom. The maximum atomic E-state index is 5.88. The summed E-state index contributed by atoms with van der Waals surface area (Å²) in [4.78, 5) is 1.31. The molecule has 0 aliphatic carbocycles. The van der Waals surface area contributed by atoms with Crippen LogP contribution in [0.2, 0.25) is 4.34 Å². The van der Waals surface area contributed by atoms with Gasteiger partial charge in [0.2, 0.25) is 0 Å². The first-order valence-electron chi connectivity index (χ1n) is 6.33. The van der Waals surface area contributed by atoms with E-state index in [0.717, 1.165) is 17.4 Å². The molecule has 0 saturated heterocycles. The second kappa shape index (κ2) is 7.57. The summed E-state index contributed by atoms with van der Waals surface area (Å²) in [5.74, 6) is 0. The van der Waals surface area contributed by atoms with Crippen LogP contribution < -0.4 is 5.32 Å². The predicted octanol–water partition coefficient (Wildman–Crippen LogP) is 4.51. The Morgan fingerprint density at radius 2 is 1.83 bits per heavy atom. The van der Waals surface area contributed by atoms with Crippen molar-refractivity contribution in [3.8, 4) is 0 Å². The molecule has 0 atom stereocenters. The Morgan fingerprint density at radius 3 is 2.56 bits per heavy atom. The minimum atomic E-state index is 0.871. The molecule has 1 N–H and O–H groups in total. The summed E-state index contributed by atoms with van der Waals surface area (Å²) in [6, 6.07) is 14.7. The molecule has 2 rings (SSSR count). The molecule has 0 spiro atoms. The van der Waals surface area contributed by atoms with Gasteiger partial charge in [-0.3, -0.25) is 0 Å². The zero-order chi connectivity index (χ0) is 12.6. The summed E-state index contributed by atoms with van der Waals surface area (Å²) >= 11 is 7.53. The van der Waals surface area contributed by atoms with Gasteiger partial charge in [-0.25, -0.2) is 0 Å². The van der Waals surface area contributed by atoms with Crippen LogP contribution in [0, 0.1) is 0 Å². The molecule has 1 aromatic carbocycles. The molecule has 3 heteroatoms. The van der Waals surface area contributed by atoms with Gasteiger partial charge in [0.05, 0.1) is 4.34 Å². The Bertz CT molecular complexity index is 453. The van der Waals surface area contributed by atoms with Crippen LogP contribution in [0.3, 0.4) is 0 Å². The molecule has 0 unspecified atom stereocenters. The normalized spacial score (nSPS) is 10.7.